The van der Waals surface area contributed by atoms with Gasteiger partial charge in [0.2, 0.25) is 0 Å². The van der Waals surface area contributed by atoms with E-state index in [1.165, 1.54) is 11.3 Å². The Hall–Kier alpha value is -0.730. The lowest BCUT2D eigenvalue weighted by atomic mass is 10.2. The van der Waals surface area contributed by atoms with Crippen molar-refractivity contribution in [2.75, 3.05) is 6.61 Å². The van der Waals surface area contributed by atoms with Crippen LogP contribution in [-0.2, 0) is 11.3 Å². The van der Waals surface area contributed by atoms with Crippen molar-refractivity contribution in [3.63, 3.8) is 0 Å². The van der Waals surface area contributed by atoms with Crippen molar-refractivity contribution in [2.45, 2.75) is 13.3 Å². The van der Waals surface area contributed by atoms with Crippen molar-refractivity contribution in [3.8, 4) is 10.6 Å². The molecule has 0 aliphatic carbocycles. The third kappa shape index (κ3) is 3.89. The highest BCUT2D eigenvalue weighted by molar-refractivity contribution is 7.15. The van der Waals surface area contributed by atoms with Gasteiger partial charge in [0.05, 0.1) is 27.7 Å². The van der Waals surface area contributed by atoms with E-state index >= 15 is 0 Å². The predicted molar refractivity (Wildman–Crippen MR) is 77.4 cm³/mol. The highest BCUT2D eigenvalue weighted by atomic mass is 35.5. The van der Waals surface area contributed by atoms with E-state index in [2.05, 4.69) is 9.82 Å². The van der Waals surface area contributed by atoms with Crippen LogP contribution in [0.25, 0.3) is 10.6 Å². The lowest BCUT2D eigenvalue weighted by molar-refractivity contribution is -0.492. The number of aryl methyl sites for hydroxylation is 1. The number of nitrogens with zero attached hydrogens (tertiary/aromatic N) is 2. The number of hydrogen-bond donors (Lipinski definition) is 2. The van der Waals surface area contributed by atoms with Crippen LogP contribution < -0.4 is 0 Å². The summed E-state index contributed by atoms with van der Waals surface area (Å²) >= 11 is 13.4. The molecule has 0 fully saturated rings. The zero-order chi connectivity index (χ0) is 14.7. The molecule has 0 aliphatic rings. The van der Waals surface area contributed by atoms with E-state index in [9.17, 15) is 0 Å². The average Bonchev–Trinajstić information content (AvgIpc) is 2.74. The van der Waals surface area contributed by atoms with Crippen LogP contribution in [0.4, 0.5) is 0 Å². The molecular weight excluding hydrogens is 323 g/mol. The topological polar surface area (TPSA) is 65.8 Å². The second kappa shape index (κ2) is 6.82. The second-order valence-corrected chi connectivity index (χ2v) is 5.89. The summed E-state index contributed by atoms with van der Waals surface area (Å²) in [6.45, 7) is 2.04. The summed E-state index contributed by atoms with van der Waals surface area (Å²) in [7, 11) is 0. The Morgan fingerprint density at radius 1 is 1.30 bits per heavy atom. The maximum Gasteiger partial charge on any atom is 0.123 e. The number of aromatic nitrogens is 1. The fraction of sp³-hybridized carbons (Fsp3) is 0.250. The van der Waals surface area contributed by atoms with Crippen LogP contribution in [-0.4, -0.2) is 27.4 Å². The second-order valence-electron chi connectivity index (χ2n) is 3.99. The largest absolute Gasteiger partial charge is 0.266 e. The number of thiazole rings is 1. The molecule has 0 radical (unpaired) electrons. The van der Waals surface area contributed by atoms with Crippen molar-refractivity contribution < 1.29 is 15.3 Å². The summed E-state index contributed by atoms with van der Waals surface area (Å²) in [5, 5.41) is 18.5. The Morgan fingerprint density at radius 2 is 2.05 bits per heavy atom. The molecule has 108 valence electrons. The lowest BCUT2D eigenvalue weighted by Crippen LogP contribution is -2.16. The fourth-order valence-corrected chi connectivity index (χ4v) is 2.97. The van der Waals surface area contributed by atoms with Gasteiger partial charge in [-0.25, -0.2) is 4.98 Å². The molecule has 0 aliphatic heterocycles. The van der Waals surface area contributed by atoms with E-state index < -0.39 is 0 Å². The molecule has 1 aromatic carbocycles. The minimum atomic E-state index is -0.295. The van der Waals surface area contributed by atoms with Gasteiger partial charge in [0.15, 0.2) is 0 Å². The van der Waals surface area contributed by atoms with E-state index in [0.717, 1.165) is 21.1 Å². The number of halogens is 2. The van der Waals surface area contributed by atoms with Crippen molar-refractivity contribution in [1.82, 2.24) is 10.4 Å². The molecule has 0 spiro atoms. The molecule has 1 aromatic heterocycles. The van der Waals surface area contributed by atoms with Crippen LogP contribution in [0, 0.1) is 6.92 Å². The van der Waals surface area contributed by atoms with Crippen molar-refractivity contribution >= 4 is 34.5 Å². The average molecular weight is 335 g/mol. The first kappa shape index (κ1) is 15.7. The highest BCUT2D eigenvalue weighted by Gasteiger charge is 2.11. The molecule has 0 saturated carbocycles. The van der Waals surface area contributed by atoms with E-state index in [0.29, 0.717) is 16.5 Å². The fourth-order valence-electron chi connectivity index (χ4n) is 1.63. The summed E-state index contributed by atoms with van der Waals surface area (Å²) in [6, 6.07) is 5.36. The van der Waals surface area contributed by atoms with Crippen LogP contribution in [0.3, 0.4) is 0 Å². The Bertz CT molecular complexity index is 604. The summed E-state index contributed by atoms with van der Waals surface area (Å²) in [4.78, 5) is 10.0. The van der Waals surface area contributed by atoms with E-state index in [1.807, 2.05) is 13.0 Å². The maximum atomic E-state index is 8.47. The number of hydrogen-bond acceptors (Lipinski definition) is 6. The van der Waals surface area contributed by atoms with Gasteiger partial charge in [-0.05, 0) is 19.1 Å². The smallest absolute Gasteiger partial charge is 0.123 e. The van der Waals surface area contributed by atoms with E-state index in [-0.39, 0.29) is 12.0 Å². The predicted octanol–water partition coefficient (Wildman–Crippen LogP) is 3.98. The first-order valence-corrected chi connectivity index (χ1v) is 7.27. The van der Waals surface area contributed by atoms with Crippen molar-refractivity contribution in [3.05, 3.63) is 38.8 Å². The van der Waals surface area contributed by atoms with Crippen molar-refractivity contribution in [2.24, 2.45) is 0 Å². The van der Waals surface area contributed by atoms with Gasteiger partial charge in [-0.1, -0.05) is 29.3 Å². The highest BCUT2D eigenvalue weighted by Crippen LogP contribution is 2.32. The standard InChI is InChI=1S/C12H12Cl2N2O3S/c1-7-11(4-5-19-16(17)18)20-12(15-7)8-2-3-9(13)10(14)6-8/h2-3,6,17-18H,4-5H2,1H3. The Morgan fingerprint density at radius 3 is 2.70 bits per heavy atom. The van der Waals surface area contributed by atoms with Crippen LogP contribution in [0.1, 0.15) is 10.6 Å². The minimum absolute atomic E-state index is 0.150. The maximum absolute atomic E-state index is 8.47. The summed E-state index contributed by atoms with van der Waals surface area (Å²) in [5.74, 6) is 0. The molecule has 8 heteroatoms. The van der Waals surface area contributed by atoms with Gasteiger partial charge in [-0.15, -0.1) is 11.3 Å². The number of benzene rings is 1. The van der Waals surface area contributed by atoms with Crippen LogP contribution >= 0.6 is 34.5 Å². The zero-order valence-corrected chi connectivity index (χ0v) is 12.8. The van der Waals surface area contributed by atoms with Gasteiger partial charge in [0, 0.05) is 16.9 Å². The normalized spacial score (nSPS) is 11.3. The molecule has 20 heavy (non-hydrogen) atoms. The molecular formula is C12H12Cl2N2O3S. The summed E-state index contributed by atoms with van der Waals surface area (Å²) < 4.78 is 0. The molecule has 2 rings (SSSR count). The van der Waals surface area contributed by atoms with E-state index in [1.54, 1.807) is 12.1 Å². The van der Waals surface area contributed by atoms with Gasteiger partial charge in [-0.2, -0.15) is 0 Å². The summed E-state index contributed by atoms with van der Waals surface area (Å²) in [5.41, 5.74) is 1.77. The van der Waals surface area contributed by atoms with Crippen LogP contribution in [0.5, 0.6) is 0 Å². The van der Waals surface area contributed by atoms with Crippen LogP contribution in [0.15, 0.2) is 18.2 Å². The Balaban J connectivity index is 2.15. The monoisotopic (exact) mass is 334 g/mol. The zero-order valence-electron chi connectivity index (χ0n) is 10.5. The molecule has 0 unspecified atom stereocenters. The molecule has 2 N–H and O–H groups in total. The third-order valence-corrected chi connectivity index (χ3v) is 4.60. The minimum Gasteiger partial charge on any atom is -0.266 e. The first-order chi connectivity index (χ1) is 9.47. The molecule has 2 aromatic rings. The molecule has 5 nitrogen and oxygen atoms in total. The molecule has 0 saturated heterocycles. The molecule has 0 atom stereocenters. The van der Waals surface area contributed by atoms with Crippen LogP contribution in [0.2, 0.25) is 10.0 Å². The van der Waals surface area contributed by atoms with Gasteiger partial charge < -0.3 is 0 Å². The third-order valence-electron chi connectivity index (χ3n) is 2.60. The molecule has 0 bridgehead atoms. The first-order valence-electron chi connectivity index (χ1n) is 5.70. The molecule has 0 amide bonds. The van der Waals surface area contributed by atoms with Crippen molar-refractivity contribution in [1.29, 1.82) is 0 Å². The SMILES string of the molecule is Cc1nc(-c2ccc(Cl)c(Cl)c2)sc1CCON(O)O. The lowest BCUT2D eigenvalue weighted by Gasteiger charge is -2.04. The van der Waals surface area contributed by atoms with Gasteiger partial charge in [0.1, 0.15) is 5.01 Å². The molecule has 1 heterocycles. The van der Waals surface area contributed by atoms with Gasteiger partial charge in [0.25, 0.3) is 0 Å². The van der Waals surface area contributed by atoms with E-state index in [4.69, 9.17) is 33.6 Å². The van der Waals surface area contributed by atoms with Gasteiger partial charge >= 0.3 is 0 Å². The Labute approximate surface area is 129 Å². The van der Waals surface area contributed by atoms with Gasteiger partial charge in [-0.3, -0.25) is 15.3 Å². The summed E-state index contributed by atoms with van der Waals surface area (Å²) in [6.07, 6.45) is 0.530. The number of rotatable bonds is 5. The quantitative estimate of drug-likeness (QED) is 0.809. The Kier molecular flexibility index (Phi) is 5.34.